The van der Waals surface area contributed by atoms with Gasteiger partial charge in [0.1, 0.15) is 6.04 Å². The molecule has 1 aromatic rings. The number of carboxylic acids is 1. The maximum atomic E-state index is 12.1. The van der Waals surface area contributed by atoms with Crippen LogP contribution in [0.4, 0.5) is 0 Å². The molecule has 1 heterocycles. The third kappa shape index (κ3) is 3.52. The maximum Gasteiger partial charge on any atom is 0.326 e. The fourth-order valence-corrected chi connectivity index (χ4v) is 2.97. The molecule has 1 aliphatic heterocycles. The summed E-state index contributed by atoms with van der Waals surface area (Å²) in [6.07, 6.45) is -0.638. The molecule has 1 amide bonds. The standard InChI is InChI=1S/C14H17NO4S/c1-9-2-4-11(5-3-9)20-8-13(17)15-7-10(16)6-12(15)14(18)19/h2-5,10,12,16H,6-8H2,1H3,(H,18,19)/t10-,12-/m0/s1. The molecule has 1 fully saturated rings. The summed E-state index contributed by atoms with van der Waals surface area (Å²) in [7, 11) is 0. The van der Waals surface area contributed by atoms with Crippen LogP contribution in [0.2, 0.25) is 0 Å². The third-order valence-corrected chi connectivity index (χ3v) is 4.26. The van der Waals surface area contributed by atoms with Crippen LogP contribution in [-0.2, 0) is 9.59 Å². The van der Waals surface area contributed by atoms with Gasteiger partial charge in [-0.3, -0.25) is 4.79 Å². The smallest absolute Gasteiger partial charge is 0.326 e. The van der Waals surface area contributed by atoms with Gasteiger partial charge in [-0.05, 0) is 19.1 Å². The summed E-state index contributed by atoms with van der Waals surface area (Å²) in [5.74, 6) is -1.13. The molecule has 0 unspecified atom stereocenters. The van der Waals surface area contributed by atoms with E-state index in [1.165, 1.54) is 16.7 Å². The number of hydrogen-bond acceptors (Lipinski definition) is 4. The Balaban J connectivity index is 1.94. The van der Waals surface area contributed by atoms with Gasteiger partial charge in [0.25, 0.3) is 0 Å². The fourth-order valence-electron chi connectivity index (χ4n) is 2.19. The first-order valence-corrected chi connectivity index (χ1v) is 7.35. The lowest BCUT2D eigenvalue weighted by Crippen LogP contribution is -2.41. The highest BCUT2D eigenvalue weighted by molar-refractivity contribution is 8.00. The quantitative estimate of drug-likeness (QED) is 0.814. The normalized spacial score (nSPS) is 22.0. The highest BCUT2D eigenvalue weighted by atomic mass is 32.2. The lowest BCUT2D eigenvalue weighted by atomic mass is 10.2. The topological polar surface area (TPSA) is 77.8 Å². The molecule has 1 saturated heterocycles. The second-order valence-electron chi connectivity index (χ2n) is 4.89. The predicted octanol–water partition coefficient (Wildman–Crippen LogP) is 1.13. The molecule has 0 spiro atoms. The Kier molecular flexibility index (Phi) is 4.67. The average molecular weight is 295 g/mol. The van der Waals surface area contributed by atoms with E-state index in [0.717, 1.165) is 10.5 Å². The Labute approximate surface area is 121 Å². The predicted molar refractivity (Wildman–Crippen MR) is 75.7 cm³/mol. The zero-order chi connectivity index (χ0) is 14.7. The monoisotopic (exact) mass is 295 g/mol. The van der Waals surface area contributed by atoms with Gasteiger partial charge in [0.05, 0.1) is 11.9 Å². The van der Waals surface area contributed by atoms with E-state index in [9.17, 15) is 14.7 Å². The van der Waals surface area contributed by atoms with Crippen LogP contribution in [0.15, 0.2) is 29.2 Å². The van der Waals surface area contributed by atoms with Crippen LogP contribution in [0.3, 0.4) is 0 Å². The Morgan fingerprint density at radius 1 is 1.35 bits per heavy atom. The zero-order valence-electron chi connectivity index (χ0n) is 11.2. The van der Waals surface area contributed by atoms with Crippen molar-refractivity contribution in [3.63, 3.8) is 0 Å². The number of carbonyl (C=O) groups excluding carboxylic acids is 1. The van der Waals surface area contributed by atoms with Crippen molar-refractivity contribution in [2.75, 3.05) is 12.3 Å². The number of amides is 1. The van der Waals surface area contributed by atoms with E-state index in [1.807, 2.05) is 31.2 Å². The van der Waals surface area contributed by atoms with Crippen molar-refractivity contribution in [2.45, 2.75) is 30.4 Å². The average Bonchev–Trinajstić information content (AvgIpc) is 2.80. The van der Waals surface area contributed by atoms with E-state index in [-0.39, 0.29) is 24.6 Å². The summed E-state index contributed by atoms with van der Waals surface area (Å²) in [5, 5.41) is 18.6. The molecule has 0 aliphatic carbocycles. The molecule has 0 saturated carbocycles. The SMILES string of the molecule is Cc1ccc(SCC(=O)N2C[C@@H](O)C[C@H]2C(=O)O)cc1. The van der Waals surface area contributed by atoms with Crippen LogP contribution < -0.4 is 0 Å². The van der Waals surface area contributed by atoms with Gasteiger partial charge < -0.3 is 15.1 Å². The van der Waals surface area contributed by atoms with Gasteiger partial charge >= 0.3 is 5.97 Å². The fraction of sp³-hybridized carbons (Fsp3) is 0.429. The van der Waals surface area contributed by atoms with E-state index in [4.69, 9.17) is 5.11 Å². The summed E-state index contributed by atoms with van der Waals surface area (Å²) < 4.78 is 0. The number of β-amino-alcohol motifs (C(OH)–C–C–N with tert-alkyl or cyclic N) is 1. The Hall–Kier alpha value is -1.53. The molecule has 0 radical (unpaired) electrons. The Morgan fingerprint density at radius 2 is 2.00 bits per heavy atom. The van der Waals surface area contributed by atoms with Crippen molar-refractivity contribution in [1.29, 1.82) is 0 Å². The number of hydrogen-bond donors (Lipinski definition) is 2. The van der Waals surface area contributed by atoms with Crippen LogP contribution in [0, 0.1) is 6.92 Å². The number of carboxylic acid groups (broad SMARTS) is 1. The van der Waals surface area contributed by atoms with E-state index in [0.29, 0.717) is 0 Å². The summed E-state index contributed by atoms with van der Waals surface area (Å²) in [5.41, 5.74) is 1.15. The van der Waals surface area contributed by atoms with Crippen molar-refractivity contribution in [2.24, 2.45) is 0 Å². The molecular weight excluding hydrogens is 278 g/mol. The lowest BCUT2D eigenvalue weighted by molar-refractivity contribution is -0.147. The van der Waals surface area contributed by atoms with Crippen LogP contribution in [0.1, 0.15) is 12.0 Å². The number of benzene rings is 1. The van der Waals surface area contributed by atoms with Crippen molar-refractivity contribution in [3.05, 3.63) is 29.8 Å². The maximum absolute atomic E-state index is 12.1. The van der Waals surface area contributed by atoms with Gasteiger partial charge in [-0.15, -0.1) is 11.8 Å². The minimum atomic E-state index is -1.06. The summed E-state index contributed by atoms with van der Waals surface area (Å²) >= 11 is 1.37. The number of aryl methyl sites for hydroxylation is 1. The third-order valence-electron chi connectivity index (χ3n) is 3.27. The van der Waals surface area contributed by atoms with Gasteiger partial charge in [0.2, 0.25) is 5.91 Å². The number of aliphatic hydroxyl groups excluding tert-OH is 1. The number of aliphatic hydroxyl groups is 1. The molecule has 2 N–H and O–H groups in total. The minimum absolute atomic E-state index is 0.101. The molecule has 1 aromatic carbocycles. The van der Waals surface area contributed by atoms with Crippen LogP contribution in [0.25, 0.3) is 0 Å². The highest BCUT2D eigenvalue weighted by Crippen LogP contribution is 2.23. The number of carbonyl (C=O) groups is 2. The lowest BCUT2D eigenvalue weighted by Gasteiger charge is -2.20. The van der Waals surface area contributed by atoms with Crippen LogP contribution >= 0.6 is 11.8 Å². The largest absolute Gasteiger partial charge is 0.480 e. The second-order valence-corrected chi connectivity index (χ2v) is 5.94. The Morgan fingerprint density at radius 3 is 2.60 bits per heavy atom. The van der Waals surface area contributed by atoms with Crippen molar-refractivity contribution >= 4 is 23.6 Å². The molecule has 6 heteroatoms. The molecule has 0 bridgehead atoms. The van der Waals surface area contributed by atoms with E-state index in [2.05, 4.69) is 0 Å². The van der Waals surface area contributed by atoms with Gasteiger partial charge in [0.15, 0.2) is 0 Å². The molecule has 5 nitrogen and oxygen atoms in total. The molecule has 2 rings (SSSR count). The highest BCUT2D eigenvalue weighted by Gasteiger charge is 2.38. The molecular formula is C14H17NO4S. The molecule has 2 atom stereocenters. The first kappa shape index (κ1) is 14.9. The minimum Gasteiger partial charge on any atom is -0.480 e. The molecule has 1 aliphatic rings. The van der Waals surface area contributed by atoms with Gasteiger partial charge in [-0.1, -0.05) is 17.7 Å². The Bertz CT molecular complexity index is 502. The number of aliphatic carboxylic acids is 1. The van der Waals surface area contributed by atoms with Crippen LogP contribution in [0.5, 0.6) is 0 Å². The van der Waals surface area contributed by atoms with Crippen LogP contribution in [-0.4, -0.2) is 51.4 Å². The number of likely N-dealkylation sites (tertiary alicyclic amines) is 1. The molecule has 20 heavy (non-hydrogen) atoms. The molecule has 108 valence electrons. The first-order valence-electron chi connectivity index (χ1n) is 6.37. The first-order chi connectivity index (χ1) is 9.47. The van der Waals surface area contributed by atoms with E-state index < -0.39 is 18.1 Å². The summed E-state index contributed by atoms with van der Waals surface area (Å²) in [4.78, 5) is 25.4. The van der Waals surface area contributed by atoms with Gasteiger partial charge in [0, 0.05) is 17.9 Å². The van der Waals surface area contributed by atoms with Crippen molar-refractivity contribution in [1.82, 2.24) is 4.90 Å². The van der Waals surface area contributed by atoms with E-state index in [1.54, 1.807) is 0 Å². The summed E-state index contributed by atoms with van der Waals surface area (Å²) in [6, 6.07) is 6.89. The van der Waals surface area contributed by atoms with Crippen molar-refractivity contribution < 1.29 is 19.8 Å². The van der Waals surface area contributed by atoms with Gasteiger partial charge in [-0.2, -0.15) is 0 Å². The second kappa shape index (κ2) is 6.28. The molecule has 0 aromatic heterocycles. The van der Waals surface area contributed by atoms with Gasteiger partial charge in [-0.25, -0.2) is 4.79 Å². The van der Waals surface area contributed by atoms with Crippen molar-refractivity contribution in [3.8, 4) is 0 Å². The number of rotatable bonds is 4. The van der Waals surface area contributed by atoms with E-state index >= 15 is 0 Å². The number of thioether (sulfide) groups is 1. The number of nitrogens with zero attached hydrogens (tertiary/aromatic N) is 1. The zero-order valence-corrected chi connectivity index (χ0v) is 12.0. The summed E-state index contributed by atoms with van der Waals surface area (Å²) in [6.45, 7) is 2.09.